The maximum atomic E-state index is 5.56. The molecule has 0 radical (unpaired) electrons. The van der Waals surface area contributed by atoms with Crippen LogP contribution in [0.5, 0.6) is 0 Å². The average Bonchev–Trinajstić information content (AvgIpc) is 2.56. The number of benzene rings is 2. The second-order valence-corrected chi connectivity index (χ2v) is 6.44. The van der Waals surface area contributed by atoms with E-state index in [0.717, 1.165) is 43.5 Å². The smallest absolute Gasteiger partial charge is 0.173 e. The summed E-state index contributed by atoms with van der Waals surface area (Å²) >= 11 is 5.56. The quantitative estimate of drug-likeness (QED) is 0.870. The highest BCUT2D eigenvalue weighted by Gasteiger charge is 2.18. The molecule has 0 spiro atoms. The van der Waals surface area contributed by atoms with Gasteiger partial charge in [0.2, 0.25) is 0 Å². The van der Waals surface area contributed by atoms with Gasteiger partial charge in [-0.3, -0.25) is 4.90 Å². The lowest BCUT2D eigenvalue weighted by molar-refractivity contribution is 0.177. The first-order valence-electron chi connectivity index (χ1n) is 8.09. The molecule has 1 N–H and O–H groups in total. The van der Waals surface area contributed by atoms with Crippen molar-refractivity contribution in [2.75, 3.05) is 31.5 Å². The van der Waals surface area contributed by atoms with Crippen LogP contribution in [-0.4, -0.2) is 41.1 Å². The summed E-state index contributed by atoms with van der Waals surface area (Å²) in [4.78, 5) is 4.75. The van der Waals surface area contributed by atoms with Crippen LogP contribution in [-0.2, 0) is 6.54 Å². The Kier molecular flexibility index (Phi) is 5.26. The third-order valence-electron chi connectivity index (χ3n) is 4.18. The van der Waals surface area contributed by atoms with E-state index in [9.17, 15) is 0 Å². The van der Waals surface area contributed by atoms with Crippen LogP contribution in [0.4, 0.5) is 5.69 Å². The van der Waals surface area contributed by atoms with Crippen molar-refractivity contribution in [3.8, 4) is 0 Å². The van der Waals surface area contributed by atoms with Gasteiger partial charge in [-0.25, -0.2) is 0 Å². The van der Waals surface area contributed by atoms with Crippen LogP contribution in [0.25, 0.3) is 0 Å². The van der Waals surface area contributed by atoms with Gasteiger partial charge in [0.25, 0.3) is 0 Å². The number of nitrogens with zero attached hydrogens (tertiary/aromatic N) is 2. The Hall–Kier alpha value is -1.91. The van der Waals surface area contributed by atoms with Gasteiger partial charge in [-0.05, 0) is 42.4 Å². The highest BCUT2D eigenvalue weighted by Crippen LogP contribution is 2.13. The summed E-state index contributed by atoms with van der Waals surface area (Å²) in [6.07, 6.45) is 0. The molecule has 120 valence electrons. The molecule has 2 aromatic carbocycles. The van der Waals surface area contributed by atoms with Crippen molar-refractivity contribution >= 4 is 23.0 Å². The van der Waals surface area contributed by atoms with E-state index in [1.807, 2.05) is 0 Å². The van der Waals surface area contributed by atoms with Crippen molar-refractivity contribution in [2.24, 2.45) is 0 Å². The van der Waals surface area contributed by atoms with Crippen LogP contribution >= 0.6 is 12.2 Å². The summed E-state index contributed by atoms with van der Waals surface area (Å²) in [6, 6.07) is 19.0. The summed E-state index contributed by atoms with van der Waals surface area (Å²) in [5, 5.41) is 4.18. The van der Waals surface area contributed by atoms with Crippen LogP contribution in [0.1, 0.15) is 11.1 Å². The molecule has 0 unspecified atom stereocenters. The zero-order valence-corrected chi connectivity index (χ0v) is 14.4. The summed E-state index contributed by atoms with van der Waals surface area (Å²) in [5.41, 5.74) is 3.69. The Morgan fingerprint density at radius 3 is 2.43 bits per heavy atom. The van der Waals surface area contributed by atoms with Crippen LogP contribution in [0.3, 0.4) is 0 Å². The maximum Gasteiger partial charge on any atom is 0.173 e. The van der Waals surface area contributed by atoms with Crippen molar-refractivity contribution in [2.45, 2.75) is 13.5 Å². The monoisotopic (exact) mass is 325 g/mol. The average molecular weight is 325 g/mol. The standard InChI is InChI=1S/C19H23N3S/c1-16-6-5-9-18(14-16)20-19(23)22-12-10-21(11-13-22)15-17-7-3-2-4-8-17/h2-9,14H,10-13,15H2,1H3,(H,20,23). The van der Waals surface area contributed by atoms with Gasteiger partial charge in [-0.15, -0.1) is 0 Å². The van der Waals surface area contributed by atoms with Crippen molar-refractivity contribution < 1.29 is 0 Å². The molecule has 1 heterocycles. The Morgan fingerprint density at radius 1 is 1.00 bits per heavy atom. The SMILES string of the molecule is Cc1cccc(NC(=S)N2CCN(Cc3ccccc3)CC2)c1. The zero-order valence-electron chi connectivity index (χ0n) is 13.5. The van der Waals surface area contributed by atoms with Gasteiger partial charge in [0.1, 0.15) is 0 Å². The molecule has 3 nitrogen and oxygen atoms in total. The predicted octanol–water partition coefficient (Wildman–Crippen LogP) is 3.51. The van der Waals surface area contributed by atoms with Gasteiger partial charge in [-0.1, -0.05) is 42.5 Å². The first kappa shape index (κ1) is 16.0. The summed E-state index contributed by atoms with van der Waals surface area (Å²) in [6.45, 7) is 7.16. The fourth-order valence-corrected chi connectivity index (χ4v) is 3.18. The lowest BCUT2D eigenvalue weighted by Crippen LogP contribution is -2.49. The number of hydrogen-bond donors (Lipinski definition) is 1. The molecular weight excluding hydrogens is 302 g/mol. The molecule has 0 bridgehead atoms. The molecular formula is C19H23N3S. The zero-order chi connectivity index (χ0) is 16.1. The van der Waals surface area contributed by atoms with Crippen LogP contribution in [0, 0.1) is 6.92 Å². The van der Waals surface area contributed by atoms with Crippen LogP contribution in [0.2, 0.25) is 0 Å². The molecule has 4 heteroatoms. The molecule has 0 amide bonds. The molecule has 3 rings (SSSR count). The van der Waals surface area contributed by atoms with Crippen molar-refractivity contribution in [1.82, 2.24) is 9.80 Å². The molecule has 1 saturated heterocycles. The summed E-state index contributed by atoms with van der Waals surface area (Å²) in [5.74, 6) is 0. The molecule has 1 fully saturated rings. The summed E-state index contributed by atoms with van der Waals surface area (Å²) < 4.78 is 0. The third kappa shape index (κ3) is 4.53. The van der Waals surface area contributed by atoms with E-state index in [2.05, 4.69) is 76.6 Å². The number of anilines is 1. The molecule has 23 heavy (non-hydrogen) atoms. The van der Waals surface area contributed by atoms with E-state index in [-0.39, 0.29) is 0 Å². The molecule has 1 aliphatic rings. The topological polar surface area (TPSA) is 18.5 Å². The van der Waals surface area contributed by atoms with Gasteiger partial charge in [-0.2, -0.15) is 0 Å². The van der Waals surface area contributed by atoms with Crippen LogP contribution < -0.4 is 5.32 Å². The number of rotatable bonds is 3. The number of nitrogens with one attached hydrogen (secondary N) is 1. The summed E-state index contributed by atoms with van der Waals surface area (Å²) in [7, 11) is 0. The first-order chi connectivity index (χ1) is 11.2. The van der Waals surface area contributed by atoms with Crippen molar-refractivity contribution in [3.05, 3.63) is 65.7 Å². The Bertz CT molecular complexity index is 649. The fourth-order valence-electron chi connectivity index (χ4n) is 2.88. The Labute approximate surface area is 143 Å². The second-order valence-electron chi connectivity index (χ2n) is 6.05. The Morgan fingerprint density at radius 2 is 1.74 bits per heavy atom. The molecule has 1 aliphatic heterocycles. The number of hydrogen-bond acceptors (Lipinski definition) is 2. The minimum atomic E-state index is 0.829. The van der Waals surface area contributed by atoms with E-state index in [1.165, 1.54) is 11.1 Å². The van der Waals surface area contributed by atoms with Crippen LogP contribution in [0.15, 0.2) is 54.6 Å². The lowest BCUT2D eigenvalue weighted by atomic mass is 10.2. The minimum Gasteiger partial charge on any atom is -0.346 e. The van der Waals surface area contributed by atoms with Gasteiger partial charge in [0.15, 0.2) is 5.11 Å². The highest BCUT2D eigenvalue weighted by molar-refractivity contribution is 7.80. The molecule has 0 saturated carbocycles. The van der Waals surface area contributed by atoms with Gasteiger partial charge < -0.3 is 10.2 Å². The molecule has 0 aliphatic carbocycles. The van der Waals surface area contributed by atoms with Crippen molar-refractivity contribution in [3.63, 3.8) is 0 Å². The van der Waals surface area contributed by atoms with E-state index >= 15 is 0 Å². The Balaban J connectivity index is 1.49. The number of thiocarbonyl (C=S) groups is 1. The highest BCUT2D eigenvalue weighted by atomic mass is 32.1. The maximum absolute atomic E-state index is 5.56. The van der Waals surface area contributed by atoms with Gasteiger partial charge in [0, 0.05) is 38.4 Å². The van der Waals surface area contributed by atoms with E-state index in [1.54, 1.807) is 0 Å². The van der Waals surface area contributed by atoms with Crippen molar-refractivity contribution in [1.29, 1.82) is 0 Å². The second kappa shape index (κ2) is 7.57. The number of piperazine rings is 1. The lowest BCUT2D eigenvalue weighted by Gasteiger charge is -2.36. The van der Waals surface area contributed by atoms with Gasteiger partial charge >= 0.3 is 0 Å². The first-order valence-corrected chi connectivity index (χ1v) is 8.50. The largest absolute Gasteiger partial charge is 0.346 e. The minimum absolute atomic E-state index is 0.829. The third-order valence-corrected chi connectivity index (χ3v) is 4.54. The predicted molar refractivity (Wildman–Crippen MR) is 101 cm³/mol. The van der Waals surface area contributed by atoms with Gasteiger partial charge in [0.05, 0.1) is 0 Å². The van der Waals surface area contributed by atoms with E-state index < -0.39 is 0 Å². The fraction of sp³-hybridized carbons (Fsp3) is 0.316. The molecule has 0 atom stereocenters. The normalized spacial score (nSPS) is 15.4. The molecule has 2 aromatic rings. The number of aryl methyl sites for hydroxylation is 1. The van der Waals surface area contributed by atoms with E-state index in [4.69, 9.17) is 12.2 Å². The molecule has 0 aromatic heterocycles. The van der Waals surface area contributed by atoms with E-state index in [0.29, 0.717) is 0 Å².